The van der Waals surface area contributed by atoms with E-state index >= 15 is 0 Å². The van der Waals surface area contributed by atoms with E-state index in [-0.39, 0.29) is 17.0 Å². The van der Waals surface area contributed by atoms with Crippen LogP contribution < -0.4 is 5.46 Å². The summed E-state index contributed by atoms with van der Waals surface area (Å²) in [6.45, 7) is 9.88. The van der Waals surface area contributed by atoms with E-state index in [1.807, 2.05) is 0 Å². The second kappa shape index (κ2) is 5.96. The molecule has 1 aromatic carbocycles. The molecule has 4 rings (SSSR count). The number of Topliss-reactive ketones (excluding diaryl/α,β-unsaturated/α-hetero) is 1. The number of hydrogen-bond donors (Lipinski definition) is 0. The minimum atomic E-state index is -0.404. The van der Waals surface area contributed by atoms with Crippen LogP contribution in [0.15, 0.2) is 24.4 Å². The maximum Gasteiger partial charge on any atom is 0.494 e. The number of aromatic nitrogens is 1. The van der Waals surface area contributed by atoms with E-state index in [0.29, 0.717) is 6.04 Å². The molecular weight excluding hydrogens is 325 g/mol. The smallest absolute Gasteiger partial charge is 0.399 e. The lowest BCUT2D eigenvalue weighted by Gasteiger charge is -2.32. The van der Waals surface area contributed by atoms with Gasteiger partial charge in [-0.15, -0.1) is 0 Å². The number of nitrogens with zero attached hydrogens (tertiary/aromatic N) is 1. The highest BCUT2D eigenvalue weighted by Crippen LogP contribution is 2.37. The molecule has 0 unspecified atom stereocenters. The molecule has 0 bridgehead atoms. The summed E-state index contributed by atoms with van der Waals surface area (Å²) < 4.78 is 14.7. The summed E-state index contributed by atoms with van der Waals surface area (Å²) in [6.07, 6.45) is 6.98. The fraction of sp³-hybridized carbons (Fsp3) is 0.571. The first-order valence-corrected chi connectivity index (χ1v) is 9.71. The zero-order valence-electron chi connectivity index (χ0n) is 16.5. The Morgan fingerprint density at radius 3 is 2.31 bits per heavy atom. The Morgan fingerprint density at radius 1 is 1.12 bits per heavy atom. The van der Waals surface area contributed by atoms with E-state index in [2.05, 4.69) is 56.7 Å². The molecule has 2 aromatic rings. The number of rotatable bonds is 3. The van der Waals surface area contributed by atoms with Gasteiger partial charge in [0.25, 0.3) is 0 Å². The normalized spacial score (nSPS) is 22.4. The standard InChI is InChI=1S/C21H28BNO3/c1-14(24)18-13-23(16-8-6-7-9-16)19-11-10-15(12-17(18)19)22-25-20(2,3)21(4,5)26-22/h10-13,16H,6-9H2,1-5H3. The summed E-state index contributed by atoms with van der Waals surface area (Å²) in [5.41, 5.74) is 2.17. The van der Waals surface area contributed by atoms with Crippen molar-refractivity contribution in [3.8, 4) is 0 Å². The minimum absolute atomic E-state index is 0.109. The van der Waals surface area contributed by atoms with Gasteiger partial charge in [-0.2, -0.15) is 0 Å². The molecule has 1 aliphatic heterocycles. The van der Waals surface area contributed by atoms with E-state index in [9.17, 15) is 4.79 Å². The van der Waals surface area contributed by atoms with E-state index in [1.165, 1.54) is 25.7 Å². The Hall–Kier alpha value is -1.59. The van der Waals surface area contributed by atoms with Crippen molar-refractivity contribution in [2.75, 3.05) is 0 Å². The molecule has 2 fully saturated rings. The van der Waals surface area contributed by atoms with Gasteiger partial charge >= 0.3 is 7.12 Å². The molecule has 1 saturated heterocycles. The van der Waals surface area contributed by atoms with Crippen LogP contribution in [0.5, 0.6) is 0 Å². The van der Waals surface area contributed by atoms with Gasteiger partial charge < -0.3 is 13.9 Å². The maximum absolute atomic E-state index is 12.3. The van der Waals surface area contributed by atoms with Crippen molar-refractivity contribution in [2.45, 2.75) is 77.5 Å². The summed E-state index contributed by atoms with van der Waals surface area (Å²) in [5, 5.41) is 1.01. The van der Waals surface area contributed by atoms with Gasteiger partial charge in [-0.25, -0.2) is 0 Å². The molecule has 4 nitrogen and oxygen atoms in total. The van der Waals surface area contributed by atoms with E-state index in [4.69, 9.17) is 9.31 Å². The summed E-state index contributed by atoms with van der Waals surface area (Å²) in [6, 6.07) is 6.80. The molecule has 1 aromatic heterocycles. The van der Waals surface area contributed by atoms with Crippen LogP contribution in [0.4, 0.5) is 0 Å². The molecule has 1 aliphatic carbocycles. The van der Waals surface area contributed by atoms with Crippen molar-refractivity contribution in [2.24, 2.45) is 0 Å². The number of carbonyl (C=O) groups is 1. The van der Waals surface area contributed by atoms with E-state index < -0.39 is 7.12 Å². The lowest BCUT2D eigenvalue weighted by molar-refractivity contribution is 0.00578. The first kappa shape index (κ1) is 17.8. The van der Waals surface area contributed by atoms with Crippen LogP contribution in [-0.2, 0) is 9.31 Å². The van der Waals surface area contributed by atoms with Gasteiger partial charge in [0.1, 0.15) is 0 Å². The molecule has 0 atom stereocenters. The van der Waals surface area contributed by atoms with Crippen LogP contribution in [0.3, 0.4) is 0 Å². The van der Waals surface area contributed by atoms with Gasteiger partial charge in [0.2, 0.25) is 0 Å². The Morgan fingerprint density at radius 2 is 1.73 bits per heavy atom. The van der Waals surface area contributed by atoms with Crippen LogP contribution in [0.1, 0.15) is 76.7 Å². The molecule has 0 N–H and O–H groups in total. The van der Waals surface area contributed by atoms with Crippen molar-refractivity contribution in [3.05, 3.63) is 30.0 Å². The summed E-state index contributed by atoms with van der Waals surface area (Å²) >= 11 is 0. The van der Waals surface area contributed by atoms with Crippen molar-refractivity contribution >= 4 is 29.3 Å². The van der Waals surface area contributed by atoms with Gasteiger partial charge in [-0.3, -0.25) is 4.79 Å². The Balaban J connectivity index is 1.78. The maximum atomic E-state index is 12.3. The summed E-state index contributed by atoms with van der Waals surface area (Å²) in [5.74, 6) is 0.109. The van der Waals surface area contributed by atoms with Crippen molar-refractivity contribution in [1.82, 2.24) is 4.57 Å². The predicted octanol–water partition coefficient (Wildman–Crippen LogP) is 4.26. The molecule has 0 radical (unpaired) electrons. The van der Waals surface area contributed by atoms with Gasteiger partial charge in [0, 0.05) is 28.7 Å². The fourth-order valence-corrected chi connectivity index (χ4v) is 4.16. The monoisotopic (exact) mass is 353 g/mol. The van der Waals surface area contributed by atoms with Gasteiger partial charge in [-0.1, -0.05) is 25.0 Å². The number of ketones is 1. The third-order valence-corrected chi connectivity index (χ3v) is 6.48. The van der Waals surface area contributed by atoms with Gasteiger partial charge in [-0.05, 0) is 59.0 Å². The predicted molar refractivity (Wildman–Crippen MR) is 105 cm³/mol. The third-order valence-electron chi connectivity index (χ3n) is 6.48. The zero-order chi connectivity index (χ0) is 18.7. The van der Waals surface area contributed by atoms with Crippen molar-refractivity contribution < 1.29 is 14.1 Å². The molecule has 26 heavy (non-hydrogen) atoms. The highest BCUT2D eigenvalue weighted by molar-refractivity contribution is 6.62. The second-order valence-corrected chi connectivity index (χ2v) is 8.81. The third kappa shape index (κ3) is 2.73. The first-order valence-electron chi connectivity index (χ1n) is 9.71. The number of fused-ring (bicyclic) bond motifs is 1. The van der Waals surface area contributed by atoms with Crippen LogP contribution in [0.25, 0.3) is 10.9 Å². The van der Waals surface area contributed by atoms with Crippen LogP contribution in [0.2, 0.25) is 0 Å². The molecule has 0 amide bonds. The lowest BCUT2D eigenvalue weighted by atomic mass is 9.78. The van der Waals surface area contributed by atoms with Crippen LogP contribution >= 0.6 is 0 Å². The van der Waals surface area contributed by atoms with Crippen molar-refractivity contribution in [1.29, 1.82) is 0 Å². The quantitative estimate of drug-likeness (QED) is 0.612. The van der Waals surface area contributed by atoms with E-state index in [0.717, 1.165) is 21.9 Å². The topological polar surface area (TPSA) is 40.5 Å². The molecule has 0 spiro atoms. The molecule has 138 valence electrons. The lowest BCUT2D eigenvalue weighted by Crippen LogP contribution is -2.41. The van der Waals surface area contributed by atoms with Gasteiger partial charge in [0.15, 0.2) is 5.78 Å². The highest BCUT2D eigenvalue weighted by atomic mass is 16.7. The van der Waals surface area contributed by atoms with Gasteiger partial charge in [0.05, 0.1) is 11.2 Å². The Bertz CT molecular complexity index is 846. The van der Waals surface area contributed by atoms with E-state index in [1.54, 1.807) is 6.92 Å². The number of carbonyl (C=O) groups excluding carboxylic acids is 1. The summed E-state index contributed by atoms with van der Waals surface area (Å²) in [4.78, 5) is 12.3. The molecule has 1 saturated carbocycles. The fourth-order valence-electron chi connectivity index (χ4n) is 4.16. The number of hydrogen-bond acceptors (Lipinski definition) is 3. The Kier molecular flexibility index (Phi) is 4.09. The molecule has 5 heteroatoms. The average Bonchev–Trinajstić information content (AvgIpc) is 3.24. The second-order valence-electron chi connectivity index (χ2n) is 8.81. The van der Waals surface area contributed by atoms with Crippen LogP contribution in [-0.4, -0.2) is 28.7 Å². The first-order chi connectivity index (χ1) is 12.2. The largest absolute Gasteiger partial charge is 0.494 e. The van der Waals surface area contributed by atoms with Crippen LogP contribution in [0, 0.1) is 0 Å². The summed E-state index contributed by atoms with van der Waals surface area (Å²) in [7, 11) is -0.404. The SMILES string of the molecule is CC(=O)c1cn(C2CCCC2)c2ccc(B3OC(C)(C)C(C)(C)O3)cc12. The highest BCUT2D eigenvalue weighted by Gasteiger charge is 2.51. The Labute approximate surface area is 156 Å². The molecule has 2 heterocycles. The molecule has 2 aliphatic rings. The average molecular weight is 353 g/mol. The minimum Gasteiger partial charge on any atom is -0.399 e. The van der Waals surface area contributed by atoms with Crippen molar-refractivity contribution in [3.63, 3.8) is 0 Å². The zero-order valence-corrected chi connectivity index (χ0v) is 16.5. The number of benzene rings is 1. The molecular formula is C21H28BNO3.